The van der Waals surface area contributed by atoms with Gasteiger partial charge in [0.2, 0.25) is 0 Å². The number of ether oxygens (including phenoxy) is 1. The zero-order valence-electron chi connectivity index (χ0n) is 13.3. The number of rotatable bonds is 2. The molecule has 0 fully saturated rings. The number of carbonyl (C=O) groups excluding carboxylic acids is 1. The largest absolute Gasteiger partial charge is 0.469 e. The maximum atomic E-state index is 11.6. The van der Waals surface area contributed by atoms with Crippen LogP contribution < -0.4 is 0 Å². The van der Waals surface area contributed by atoms with Crippen LogP contribution in [0.1, 0.15) is 38.0 Å². The van der Waals surface area contributed by atoms with Gasteiger partial charge in [-0.2, -0.15) is 0 Å². The van der Waals surface area contributed by atoms with Crippen molar-refractivity contribution in [3.8, 4) is 0 Å². The quantitative estimate of drug-likeness (QED) is 0.542. The van der Waals surface area contributed by atoms with Crippen molar-refractivity contribution in [1.29, 1.82) is 0 Å². The number of carbonyl (C=O) groups is 1. The van der Waals surface area contributed by atoms with Crippen LogP contribution in [0.25, 0.3) is 0 Å². The average Bonchev–Trinajstić information content (AvgIpc) is 1.94. The molecule has 0 N–H and O–H groups in total. The highest BCUT2D eigenvalue weighted by molar-refractivity contribution is 5.75. The van der Waals surface area contributed by atoms with Gasteiger partial charge < -0.3 is 4.74 Å². The van der Waals surface area contributed by atoms with E-state index in [0.29, 0.717) is 0 Å². The number of methoxy groups -OCH3 is 1. The summed E-state index contributed by atoms with van der Waals surface area (Å²) in [6, 6.07) is 0. The Balaban J connectivity index is 5.46. The van der Waals surface area contributed by atoms with Crippen LogP contribution in [0.2, 0.25) is 0 Å². The van der Waals surface area contributed by atoms with E-state index in [1.807, 2.05) is 0 Å². The fourth-order valence-electron chi connectivity index (χ4n) is 0.204. The minimum Gasteiger partial charge on any atom is -0.469 e. The van der Waals surface area contributed by atoms with Crippen molar-refractivity contribution < 1.29 is 20.5 Å². The van der Waals surface area contributed by atoms with Gasteiger partial charge in [-0.1, -0.05) is 6.92 Å². The van der Waals surface area contributed by atoms with Gasteiger partial charge in [0.05, 0.1) is 16.6 Å². The van der Waals surface area contributed by atoms with Gasteiger partial charge in [0.1, 0.15) is 0 Å². The summed E-state index contributed by atoms with van der Waals surface area (Å²) in [6.45, 7) is -1.30. The zero-order valence-corrected chi connectivity index (χ0v) is 5.32. The van der Waals surface area contributed by atoms with Crippen LogP contribution in [-0.4, -0.2) is 13.0 Å². The van der Waals surface area contributed by atoms with Crippen LogP contribution in [-0.2, 0) is 9.53 Å². The molecule has 54 valence electrons. The number of hydrogen-bond donors (Lipinski definition) is 0. The van der Waals surface area contributed by atoms with E-state index in [4.69, 9.17) is 11.0 Å². The van der Waals surface area contributed by atoms with E-state index < -0.39 is 31.6 Å². The first-order chi connectivity index (χ1) is 7.13. The Morgan fingerprint density at radius 2 is 2.67 bits per heavy atom. The van der Waals surface area contributed by atoms with Gasteiger partial charge in [-0.3, -0.25) is 4.79 Å². The lowest BCUT2D eigenvalue weighted by Crippen LogP contribution is -2.24. The van der Waals surface area contributed by atoms with Crippen LogP contribution >= 0.6 is 0 Å². The van der Waals surface area contributed by atoms with Crippen LogP contribution in [0.4, 0.5) is 0 Å². The van der Waals surface area contributed by atoms with Gasteiger partial charge in [-0.15, -0.1) is 0 Å². The molecular weight excluding hydrogens is 116 g/mol. The Kier molecular flexibility index (Phi) is 0.626. The molecule has 0 bridgehead atoms. The summed E-state index contributed by atoms with van der Waals surface area (Å²) in [7, 11) is -3.10. The fourth-order valence-corrected chi connectivity index (χ4v) is 0.204. The molecule has 0 aromatic carbocycles. The highest BCUT2D eigenvalue weighted by Crippen LogP contribution is 2.20. The molecule has 0 saturated carbocycles. The average molecular weight is 138 g/mol. The van der Waals surface area contributed by atoms with Crippen LogP contribution in [0.5, 0.6) is 0 Å². The second kappa shape index (κ2) is 2.85. The van der Waals surface area contributed by atoms with Crippen molar-refractivity contribution in [3.05, 3.63) is 0 Å². The summed E-state index contributed by atoms with van der Waals surface area (Å²) in [5.41, 5.74) is -2.55. The van der Waals surface area contributed by atoms with Crippen molar-refractivity contribution in [3.63, 3.8) is 0 Å². The Labute approximate surface area is 67.4 Å². The fraction of sp³-hybridized carbons (Fsp3) is 0.857. The molecule has 0 spiro atoms. The van der Waals surface area contributed by atoms with E-state index in [1.165, 1.54) is 0 Å². The third-order valence-electron chi connectivity index (χ3n) is 1.00. The highest BCUT2D eigenvalue weighted by atomic mass is 16.5. The molecule has 0 aliphatic heterocycles. The topological polar surface area (TPSA) is 26.3 Å². The summed E-state index contributed by atoms with van der Waals surface area (Å²) in [5, 5.41) is 0. The predicted molar refractivity (Wildman–Crippen MR) is 36.1 cm³/mol. The van der Waals surface area contributed by atoms with Gasteiger partial charge in [0.15, 0.2) is 0 Å². The second-order valence-corrected chi connectivity index (χ2v) is 1.76. The zero-order chi connectivity index (χ0) is 14.3. The maximum absolute atomic E-state index is 11.6. The lowest BCUT2D eigenvalue weighted by molar-refractivity contribution is -0.150. The monoisotopic (exact) mass is 138 g/mol. The molecule has 0 aliphatic rings. The first-order valence-corrected chi connectivity index (χ1v) is 2.36. The Morgan fingerprint density at radius 3 is 3.00 bits per heavy atom. The molecule has 1 unspecified atom stereocenters. The van der Waals surface area contributed by atoms with Gasteiger partial charge in [-0.05, 0) is 20.1 Å². The maximum Gasteiger partial charge on any atom is 0.311 e. The van der Waals surface area contributed by atoms with Gasteiger partial charge in [-0.25, -0.2) is 0 Å². The lowest BCUT2D eigenvalue weighted by atomic mass is 9.91. The van der Waals surface area contributed by atoms with Crippen LogP contribution in [0.3, 0.4) is 0 Å². The molecule has 0 radical (unpaired) electrons. The Morgan fingerprint density at radius 1 is 2.00 bits per heavy atom. The molecule has 9 heavy (non-hydrogen) atoms. The second-order valence-electron chi connectivity index (χ2n) is 1.76. The van der Waals surface area contributed by atoms with Crippen molar-refractivity contribution in [2.75, 3.05) is 7.04 Å². The van der Waals surface area contributed by atoms with Gasteiger partial charge in [0, 0.05) is 6.85 Å². The van der Waals surface area contributed by atoms with E-state index in [1.54, 1.807) is 0 Å². The summed E-state index contributed by atoms with van der Waals surface area (Å²) >= 11 is 0. The van der Waals surface area contributed by atoms with E-state index in [2.05, 4.69) is 4.74 Å². The molecule has 0 amide bonds. The van der Waals surface area contributed by atoms with E-state index in [9.17, 15) is 4.79 Å². The van der Waals surface area contributed by atoms with Crippen LogP contribution in [0.15, 0.2) is 0 Å². The van der Waals surface area contributed by atoms with Crippen molar-refractivity contribution in [2.24, 2.45) is 5.41 Å². The molecule has 0 rings (SSSR count). The molecule has 2 nitrogen and oxygen atoms in total. The lowest BCUT2D eigenvalue weighted by Gasteiger charge is -2.17. The molecule has 0 saturated heterocycles. The molecule has 0 heterocycles. The predicted octanol–water partition coefficient (Wildman–Crippen LogP) is 1.60. The summed E-state index contributed by atoms with van der Waals surface area (Å²) in [4.78, 5) is 11.6. The van der Waals surface area contributed by atoms with E-state index >= 15 is 0 Å². The summed E-state index contributed by atoms with van der Waals surface area (Å²) in [5.74, 6) is -1.61. The van der Waals surface area contributed by atoms with Crippen molar-refractivity contribution >= 4 is 5.97 Å². The third-order valence-corrected chi connectivity index (χ3v) is 1.00. The van der Waals surface area contributed by atoms with Gasteiger partial charge in [0.25, 0.3) is 0 Å². The van der Waals surface area contributed by atoms with Crippen LogP contribution in [0, 0.1) is 5.41 Å². The minimum absolute atomic E-state index is 0.827. The van der Waals surface area contributed by atoms with Crippen molar-refractivity contribution in [1.82, 2.24) is 0 Å². The molecule has 2 heteroatoms. The molecule has 1 atom stereocenters. The third kappa shape index (κ3) is 2.04. The van der Waals surface area contributed by atoms with E-state index in [-0.39, 0.29) is 0 Å². The standard InChI is InChI=1S/C7H14O2/c1-5-7(2,3)6(8)9-4/h5H2,1-4H3/i2D3,4D3,5D2. The smallest absolute Gasteiger partial charge is 0.311 e. The first-order valence-electron chi connectivity index (χ1n) is 6.36. The highest BCUT2D eigenvalue weighted by Gasteiger charge is 2.25. The molecule has 0 aromatic heterocycles. The minimum atomic E-state index is -3.10. The molecule has 0 aromatic rings. The molecular formula is C7H14O2. The number of hydrogen-bond acceptors (Lipinski definition) is 2. The van der Waals surface area contributed by atoms with Crippen molar-refractivity contribution in [2.45, 2.75) is 27.1 Å². The Bertz CT molecular complexity index is 282. The van der Waals surface area contributed by atoms with Gasteiger partial charge >= 0.3 is 5.97 Å². The molecule has 0 aliphatic carbocycles. The number of esters is 1. The first kappa shape index (κ1) is 1.97. The normalized spacial score (nSPS) is 34.0. The SMILES string of the molecule is [2H]C([2H])([2H])OC(=O)C(C)(C([2H])([2H])[2H])C([2H])([2H])C. The summed E-state index contributed by atoms with van der Waals surface area (Å²) < 4.78 is 60.6. The van der Waals surface area contributed by atoms with E-state index in [0.717, 1.165) is 13.8 Å². The Hall–Kier alpha value is -0.530. The summed E-state index contributed by atoms with van der Waals surface area (Å²) in [6.07, 6.45) is -2.46.